The molecule has 2 rings (SSSR count). The maximum Gasteiger partial charge on any atom is 0.0886 e. The molecule has 1 saturated heterocycles. The number of aromatic nitrogens is 1. The third-order valence-corrected chi connectivity index (χ3v) is 1.40. The maximum absolute atomic E-state index is 4.08. The quantitative estimate of drug-likeness (QED) is 0.544. The van der Waals surface area contributed by atoms with E-state index in [9.17, 15) is 0 Å². The van der Waals surface area contributed by atoms with Crippen molar-refractivity contribution in [1.29, 1.82) is 0 Å². The van der Waals surface area contributed by atoms with Crippen molar-refractivity contribution in [3.8, 4) is 0 Å². The molecule has 0 spiro atoms. The summed E-state index contributed by atoms with van der Waals surface area (Å²) in [5, 5.41) is 4.08. The molecule has 2 nitrogen and oxygen atoms in total. The zero-order chi connectivity index (χ0) is 7.78. The number of rotatable bonds is 0. The first-order chi connectivity index (χ1) is 5.50. The summed E-state index contributed by atoms with van der Waals surface area (Å²) in [6.45, 7) is 2.25. The minimum absolute atomic E-state index is 1.12. The zero-order valence-corrected chi connectivity index (χ0v) is 6.53. The third kappa shape index (κ3) is 4.51. The summed E-state index contributed by atoms with van der Waals surface area (Å²) in [6, 6.07) is 5.50. The van der Waals surface area contributed by atoms with Crippen LogP contribution in [0.2, 0.25) is 0 Å². The van der Waals surface area contributed by atoms with Gasteiger partial charge in [-0.1, -0.05) is 6.07 Å². The molecule has 0 unspecified atom stereocenters. The van der Waals surface area contributed by atoms with Gasteiger partial charge in [0.2, 0.25) is 0 Å². The van der Waals surface area contributed by atoms with Gasteiger partial charge in [-0.05, 0) is 25.0 Å². The molecule has 0 aliphatic carbocycles. The molecule has 2 heterocycles. The predicted molar refractivity (Wildman–Crippen MR) is 44.2 cm³/mol. The van der Waals surface area contributed by atoms with Crippen molar-refractivity contribution < 1.29 is 0 Å². The molecule has 0 saturated carbocycles. The van der Waals surface area contributed by atoms with Crippen LogP contribution in [0.1, 0.15) is 12.8 Å². The Morgan fingerprint density at radius 3 is 2.09 bits per heavy atom. The summed E-state index contributed by atoms with van der Waals surface area (Å²) in [7, 11) is 0. The summed E-state index contributed by atoms with van der Waals surface area (Å²) in [5.74, 6) is 0. The van der Waals surface area contributed by atoms with Crippen LogP contribution < -0.4 is 5.32 Å². The summed E-state index contributed by atoms with van der Waals surface area (Å²) in [6.07, 6.45) is 7.00. The number of nitrogens with zero attached hydrogens (tertiary/aromatic N) is 2. The van der Waals surface area contributed by atoms with Gasteiger partial charge in [0.15, 0.2) is 0 Å². The van der Waals surface area contributed by atoms with E-state index in [-0.39, 0.29) is 0 Å². The van der Waals surface area contributed by atoms with Crippen LogP contribution in [0, 0.1) is 6.20 Å². The van der Waals surface area contributed by atoms with Crippen LogP contribution in [0.4, 0.5) is 0 Å². The Kier molecular flexibility index (Phi) is 4.37. The Balaban J connectivity index is 0.000000112. The van der Waals surface area contributed by atoms with Crippen LogP contribution in [0.15, 0.2) is 24.4 Å². The summed E-state index contributed by atoms with van der Waals surface area (Å²) in [5.41, 5.74) is 0. The van der Waals surface area contributed by atoms with Gasteiger partial charge in [-0.25, -0.2) is 5.32 Å². The first kappa shape index (κ1) is 8.21. The van der Waals surface area contributed by atoms with E-state index in [0.717, 1.165) is 13.1 Å². The molecule has 2 heteroatoms. The fourth-order valence-electron chi connectivity index (χ4n) is 0.836. The minimum atomic E-state index is 1.12. The third-order valence-electron chi connectivity index (χ3n) is 1.40. The highest BCUT2D eigenvalue weighted by Gasteiger charge is 1.95. The molecule has 58 valence electrons. The number of hydrogen-bond donors (Lipinski definition) is 0. The van der Waals surface area contributed by atoms with Gasteiger partial charge in [-0.15, -0.1) is 0 Å². The van der Waals surface area contributed by atoms with E-state index in [1.807, 2.05) is 12.1 Å². The highest BCUT2D eigenvalue weighted by Crippen LogP contribution is 1.92. The predicted octanol–water partition coefficient (Wildman–Crippen LogP) is 1.27. The number of pyridine rings is 1. The smallest absolute Gasteiger partial charge is 0.0886 e. The fourth-order valence-corrected chi connectivity index (χ4v) is 0.836. The molecular formula is C9H12N2. The molecule has 2 radical (unpaired) electrons. The lowest BCUT2D eigenvalue weighted by molar-refractivity contribution is 0.837. The molecule has 1 aliphatic rings. The van der Waals surface area contributed by atoms with Crippen molar-refractivity contribution in [2.45, 2.75) is 12.8 Å². The first-order valence-electron chi connectivity index (χ1n) is 3.90. The van der Waals surface area contributed by atoms with Crippen LogP contribution >= 0.6 is 0 Å². The van der Waals surface area contributed by atoms with Crippen molar-refractivity contribution in [2.75, 3.05) is 13.1 Å². The fraction of sp³-hybridized carbons (Fsp3) is 0.444. The van der Waals surface area contributed by atoms with E-state index in [0.29, 0.717) is 0 Å². The second-order valence-corrected chi connectivity index (χ2v) is 2.34. The van der Waals surface area contributed by atoms with Gasteiger partial charge >= 0.3 is 0 Å². The van der Waals surface area contributed by atoms with Crippen LogP contribution in [0.5, 0.6) is 0 Å². The van der Waals surface area contributed by atoms with Gasteiger partial charge < -0.3 is 0 Å². The first-order valence-corrected chi connectivity index (χ1v) is 3.90. The Hall–Kier alpha value is -0.890. The van der Waals surface area contributed by atoms with Crippen LogP contribution in [-0.2, 0) is 0 Å². The van der Waals surface area contributed by atoms with Gasteiger partial charge in [0.05, 0.1) is 6.20 Å². The summed E-state index contributed by atoms with van der Waals surface area (Å²) >= 11 is 0. The summed E-state index contributed by atoms with van der Waals surface area (Å²) < 4.78 is 0. The molecule has 1 aliphatic heterocycles. The lowest BCUT2D eigenvalue weighted by Crippen LogP contribution is -1.92. The molecule has 0 atom stereocenters. The molecular weight excluding hydrogens is 136 g/mol. The van der Waals surface area contributed by atoms with Crippen LogP contribution in [-0.4, -0.2) is 18.1 Å². The molecule has 0 bridgehead atoms. The van der Waals surface area contributed by atoms with Crippen LogP contribution in [0.25, 0.3) is 0 Å². The maximum atomic E-state index is 4.08. The van der Waals surface area contributed by atoms with Crippen molar-refractivity contribution >= 4 is 0 Å². The van der Waals surface area contributed by atoms with E-state index in [2.05, 4.69) is 16.5 Å². The molecule has 1 fully saturated rings. The van der Waals surface area contributed by atoms with Crippen molar-refractivity contribution in [3.63, 3.8) is 0 Å². The van der Waals surface area contributed by atoms with Crippen molar-refractivity contribution in [3.05, 3.63) is 30.6 Å². The van der Waals surface area contributed by atoms with E-state index in [4.69, 9.17) is 0 Å². The Labute approximate surface area is 67.7 Å². The molecule has 1 aromatic rings. The lowest BCUT2D eigenvalue weighted by Gasteiger charge is -1.72. The second-order valence-electron chi connectivity index (χ2n) is 2.34. The van der Waals surface area contributed by atoms with Crippen molar-refractivity contribution in [2.24, 2.45) is 0 Å². The average molecular weight is 148 g/mol. The van der Waals surface area contributed by atoms with Gasteiger partial charge in [0, 0.05) is 19.3 Å². The van der Waals surface area contributed by atoms with Gasteiger partial charge in [0.25, 0.3) is 0 Å². The SMILES string of the molecule is C1CC[N]C1.[c]1ccccn1. The van der Waals surface area contributed by atoms with Gasteiger partial charge in [-0.2, -0.15) is 0 Å². The van der Waals surface area contributed by atoms with Gasteiger partial charge in [0.1, 0.15) is 0 Å². The summed E-state index contributed by atoms with van der Waals surface area (Å²) in [4.78, 5) is 3.66. The van der Waals surface area contributed by atoms with E-state index < -0.39 is 0 Å². The Morgan fingerprint density at radius 2 is 1.91 bits per heavy atom. The van der Waals surface area contributed by atoms with E-state index in [1.54, 1.807) is 12.3 Å². The Bertz CT molecular complexity index is 124. The highest BCUT2D eigenvalue weighted by molar-refractivity contribution is 4.86. The molecule has 1 aromatic heterocycles. The van der Waals surface area contributed by atoms with Crippen LogP contribution in [0.3, 0.4) is 0 Å². The molecule has 0 N–H and O–H groups in total. The van der Waals surface area contributed by atoms with E-state index in [1.165, 1.54) is 12.8 Å². The molecule has 11 heavy (non-hydrogen) atoms. The zero-order valence-electron chi connectivity index (χ0n) is 6.53. The van der Waals surface area contributed by atoms with Gasteiger partial charge in [-0.3, -0.25) is 4.98 Å². The topological polar surface area (TPSA) is 27.0 Å². The van der Waals surface area contributed by atoms with E-state index >= 15 is 0 Å². The largest absolute Gasteiger partial charge is 0.255 e. The second kappa shape index (κ2) is 5.86. The number of hydrogen-bond acceptors (Lipinski definition) is 1. The molecule has 0 amide bonds. The minimum Gasteiger partial charge on any atom is -0.255 e. The Morgan fingerprint density at radius 1 is 1.09 bits per heavy atom. The lowest BCUT2D eigenvalue weighted by atomic mass is 10.4. The average Bonchev–Trinajstić information content (AvgIpc) is 2.64. The van der Waals surface area contributed by atoms with Crippen molar-refractivity contribution in [1.82, 2.24) is 10.3 Å². The molecule has 0 aromatic carbocycles. The standard InChI is InChI=1S/C5H4N.C4H8N/c1-2-4-6-5-3-1;1-2-4-5-3-1/h1-4H;1-4H2. The monoisotopic (exact) mass is 148 g/mol. The normalized spacial score (nSPS) is 15.3. The highest BCUT2D eigenvalue weighted by atomic mass is 14.9.